The van der Waals surface area contributed by atoms with Gasteiger partial charge in [0, 0.05) is 50.9 Å². The van der Waals surface area contributed by atoms with Crippen molar-refractivity contribution in [3.8, 4) is 0 Å². The van der Waals surface area contributed by atoms with Crippen molar-refractivity contribution in [2.24, 2.45) is 10.8 Å². The number of rotatable bonds is 7. The molecule has 3 heterocycles. The van der Waals surface area contributed by atoms with Gasteiger partial charge in [-0.1, -0.05) is 269 Å². The number of hydrogen-bond donors (Lipinski definition) is 0. The minimum absolute atomic E-state index is 0.000511. The van der Waals surface area contributed by atoms with E-state index in [1.165, 1.54) is 110 Å². The number of anilines is 8. The quantitative estimate of drug-likeness (QED) is 0.116. The summed E-state index contributed by atoms with van der Waals surface area (Å²) in [4.78, 5) is 8.19. The van der Waals surface area contributed by atoms with Gasteiger partial charge in [-0.15, -0.1) is 0 Å². The van der Waals surface area contributed by atoms with E-state index in [2.05, 4.69) is 346 Å². The maximum atomic E-state index is 2.88. The third-order valence-electron chi connectivity index (χ3n) is 22.0. The molecule has 442 valence electrons. The van der Waals surface area contributed by atoms with Gasteiger partial charge in [0.15, 0.2) is 8.07 Å². The third kappa shape index (κ3) is 9.08. The van der Waals surface area contributed by atoms with E-state index >= 15 is 0 Å². The van der Waals surface area contributed by atoms with Crippen molar-refractivity contribution < 1.29 is 0 Å². The molecule has 0 saturated heterocycles. The van der Waals surface area contributed by atoms with Crippen molar-refractivity contribution in [3.63, 3.8) is 0 Å². The largest absolute Gasteiger partial charge is 0.334 e. The van der Waals surface area contributed by atoms with Crippen molar-refractivity contribution >= 4 is 97.4 Å². The molecular weight excluding hydrogens is 1070 g/mol. The predicted octanol–water partition coefficient (Wildman–Crippen LogP) is 17.4. The molecule has 0 spiro atoms. The van der Waals surface area contributed by atoms with Gasteiger partial charge in [-0.3, -0.25) is 0 Å². The van der Waals surface area contributed by atoms with Crippen LogP contribution in [0.5, 0.6) is 0 Å². The molecule has 1 saturated carbocycles. The molecular formula is C82H92BN3Si. The summed E-state index contributed by atoms with van der Waals surface area (Å²) in [5.74, 6) is 0. The fourth-order valence-corrected chi connectivity index (χ4v) is 21.1. The Morgan fingerprint density at radius 1 is 0.345 bits per heavy atom. The number of hydrogen-bond acceptors (Lipinski definition) is 3. The molecule has 5 heteroatoms. The maximum Gasteiger partial charge on any atom is 0.252 e. The highest BCUT2D eigenvalue weighted by atomic mass is 28.3. The van der Waals surface area contributed by atoms with Crippen LogP contribution in [0.2, 0.25) is 0 Å². The fourth-order valence-electron chi connectivity index (χ4n) is 16.3. The topological polar surface area (TPSA) is 9.72 Å². The Kier molecular flexibility index (Phi) is 13.4. The van der Waals surface area contributed by atoms with Crippen LogP contribution >= 0.6 is 0 Å². The van der Waals surface area contributed by atoms with Gasteiger partial charge in [-0.25, -0.2) is 0 Å². The zero-order valence-electron chi connectivity index (χ0n) is 55.5. The molecule has 3 aliphatic heterocycles. The van der Waals surface area contributed by atoms with E-state index in [9.17, 15) is 0 Å². The summed E-state index contributed by atoms with van der Waals surface area (Å²) < 4.78 is 0. The fraction of sp³-hybridized carbons (Fsp3) is 0.341. The predicted molar refractivity (Wildman–Crippen MR) is 380 cm³/mol. The van der Waals surface area contributed by atoms with Crippen molar-refractivity contribution in [3.05, 3.63) is 234 Å². The van der Waals surface area contributed by atoms with E-state index in [1.807, 2.05) is 0 Å². The summed E-state index contributed by atoms with van der Waals surface area (Å²) in [6, 6.07) is 81.7. The zero-order valence-corrected chi connectivity index (χ0v) is 56.5. The first kappa shape index (κ1) is 58.7. The lowest BCUT2D eigenvalue weighted by Crippen LogP contribution is -2.74. The monoisotopic (exact) mass is 1160 g/mol. The lowest BCUT2D eigenvalue weighted by molar-refractivity contribution is -0.0311. The molecule has 87 heavy (non-hydrogen) atoms. The summed E-state index contributed by atoms with van der Waals surface area (Å²) in [5, 5.41) is 5.62. The van der Waals surface area contributed by atoms with E-state index in [0.29, 0.717) is 0 Å². The van der Waals surface area contributed by atoms with Crippen LogP contribution in [0.4, 0.5) is 45.5 Å². The zero-order chi connectivity index (χ0) is 61.8. The summed E-state index contributed by atoms with van der Waals surface area (Å²) in [6.07, 6.45) is 2.05. The van der Waals surface area contributed by atoms with Gasteiger partial charge in [0.05, 0.1) is 5.54 Å². The standard InChI is InChI=1S/C82H92BN3Si/c1-75(2,3)55-34-40-59(41-35-55)84-70-45-38-57(77(7,8)9)48-67(70)83-68-49-58(78(10,11)12)39-46-71(68)85(60-42-36-56(37-43-60)76(4,5)6)73-51-61(50-72(84)74(73)83)86-69-47-44-65(52-66(69)81(17)53-79(13,14)80(15,16)54-82(81,86)18)87(62-28-22-19-23-29-62,63-30-24-20-25-31-63)64-32-26-21-27-33-64/h19-52H,53-54H2,1-18H3. The Balaban J connectivity index is 1.15. The summed E-state index contributed by atoms with van der Waals surface area (Å²) in [7, 11) is -2.91. The molecule has 13 rings (SSSR count). The molecule has 2 unspecified atom stereocenters. The molecule has 0 N–H and O–H groups in total. The lowest BCUT2D eigenvalue weighted by atomic mass is 9.33. The van der Waals surface area contributed by atoms with Crippen LogP contribution in [0, 0.1) is 10.8 Å². The first-order chi connectivity index (χ1) is 40.9. The third-order valence-corrected chi connectivity index (χ3v) is 26.8. The van der Waals surface area contributed by atoms with Crippen molar-refractivity contribution in [1.82, 2.24) is 0 Å². The molecule has 9 aromatic carbocycles. The Bertz CT molecular complexity index is 3870. The molecule has 0 bridgehead atoms. The summed E-state index contributed by atoms with van der Waals surface area (Å²) in [6.45, 7) is 43.7. The van der Waals surface area contributed by atoms with Gasteiger partial charge < -0.3 is 14.7 Å². The number of benzene rings is 9. The Morgan fingerprint density at radius 3 is 1.10 bits per heavy atom. The highest BCUT2D eigenvalue weighted by Crippen LogP contribution is 2.69. The van der Waals surface area contributed by atoms with Crippen LogP contribution in [0.1, 0.15) is 165 Å². The molecule has 0 radical (unpaired) electrons. The van der Waals surface area contributed by atoms with Crippen LogP contribution in [0.15, 0.2) is 206 Å². The molecule has 9 aromatic rings. The van der Waals surface area contributed by atoms with Crippen LogP contribution in [0.25, 0.3) is 0 Å². The molecule has 0 aromatic heterocycles. The molecule has 0 amide bonds. The van der Waals surface area contributed by atoms with Gasteiger partial charge in [-0.05, 0) is 172 Å². The van der Waals surface area contributed by atoms with E-state index in [4.69, 9.17) is 0 Å². The number of nitrogens with zero attached hydrogens (tertiary/aromatic N) is 3. The molecule has 4 aliphatic rings. The van der Waals surface area contributed by atoms with Crippen LogP contribution in [-0.2, 0) is 27.1 Å². The first-order valence-corrected chi connectivity index (χ1v) is 34.3. The molecule has 1 aliphatic carbocycles. The summed E-state index contributed by atoms with van der Waals surface area (Å²) in [5.41, 5.74) is 20.1. The Labute approximate surface area is 524 Å². The SMILES string of the molecule is CC(C)(C)c1ccc(N2c3ccc(C(C)(C)C)cc3B3c4cc(C(C)(C)C)ccc4N(c4ccc(C(C)(C)C)cc4)c4cc(N5c6ccc([Si](c7ccccc7)(c7ccccc7)c7ccccc7)cc6C6(C)CC(C)(C)C(C)(C)CC56C)cc2c43)cc1. The molecule has 1 fully saturated rings. The Hall–Kier alpha value is -7.34. The van der Waals surface area contributed by atoms with Crippen LogP contribution in [-0.4, -0.2) is 20.3 Å². The van der Waals surface area contributed by atoms with E-state index in [0.717, 1.165) is 12.8 Å². The second kappa shape index (κ2) is 19.8. The molecule has 2 atom stereocenters. The van der Waals surface area contributed by atoms with Gasteiger partial charge in [-0.2, -0.15) is 0 Å². The average molecular weight is 1160 g/mol. The van der Waals surface area contributed by atoms with Gasteiger partial charge in [0.2, 0.25) is 0 Å². The maximum absolute atomic E-state index is 2.91. The van der Waals surface area contributed by atoms with Crippen LogP contribution in [0.3, 0.4) is 0 Å². The van der Waals surface area contributed by atoms with Gasteiger partial charge in [0.25, 0.3) is 6.71 Å². The summed E-state index contributed by atoms with van der Waals surface area (Å²) >= 11 is 0. The van der Waals surface area contributed by atoms with Crippen molar-refractivity contribution in [1.29, 1.82) is 0 Å². The van der Waals surface area contributed by atoms with E-state index in [1.54, 1.807) is 0 Å². The second-order valence-corrected chi connectivity index (χ2v) is 36.1. The van der Waals surface area contributed by atoms with Gasteiger partial charge in [0.1, 0.15) is 0 Å². The molecule has 3 nitrogen and oxygen atoms in total. The Morgan fingerprint density at radius 2 is 0.713 bits per heavy atom. The normalized spacial score (nSPS) is 19.5. The number of fused-ring (bicyclic) bond motifs is 7. The minimum atomic E-state index is -2.91. The van der Waals surface area contributed by atoms with Crippen molar-refractivity contribution in [2.75, 3.05) is 14.7 Å². The minimum Gasteiger partial charge on any atom is -0.334 e. The van der Waals surface area contributed by atoms with E-state index in [-0.39, 0.29) is 50.2 Å². The lowest BCUT2D eigenvalue weighted by Gasteiger charge is -2.61. The average Bonchev–Trinajstić information content (AvgIpc) is 1.39. The van der Waals surface area contributed by atoms with Crippen LogP contribution < -0.4 is 51.8 Å². The first-order valence-electron chi connectivity index (χ1n) is 32.3. The highest BCUT2D eigenvalue weighted by Gasteiger charge is 2.66. The van der Waals surface area contributed by atoms with E-state index < -0.39 is 8.07 Å². The van der Waals surface area contributed by atoms with Gasteiger partial charge >= 0.3 is 0 Å². The smallest absolute Gasteiger partial charge is 0.252 e. The second-order valence-electron chi connectivity index (χ2n) is 32.3. The highest BCUT2D eigenvalue weighted by molar-refractivity contribution is 7.20. The van der Waals surface area contributed by atoms with Crippen molar-refractivity contribution in [2.45, 2.75) is 170 Å².